The molecule has 0 aromatic carbocycles. The molecule has 0 aliphatic rings. The highest BCUT2D eigenvalue weighted by molar-refractivity contribution is 7.17. The molecule has 0 N–H and O–H groups in total. The third kappa shape index (κ3) is 1.32. The van der Waals surface area contributed by atoms with Gasteiger partial charge in [0.1, 0.15) is 11.2 Å². The predicted molar refractivity (Wildman–Crippen MR) is 54.6 cm³/mol. The number of hydrogen-bond acceptors (Lipinski definition) is 2. The molecule has 0 spiro atoms. The van der Waals surface area contributed by atoms with Crippen molar-refractivity contribution < 1.29 is 0 Å². The van der Waals surface area contributed by atoms with Gasteiger partial charge < -0.3 is 0 Å². The van der Waals surface area contributed by atoms with Crippen LogP contribution in [0.3, 0.4) is 0 Å². The van der Waals surface area contributed by atoms with Crippen molar-refractivity contribution in [2.24, 2.45) is 0 Å². The number of fused-ring (bicyclic) bond motifs is 1. The quantitative estimate of drug-likeness (QED) is 0.679. The van der Waals surface area contributed by atoms with Crippen molar-refractivity contribution in [2.45, 2.75) is 12.8 Å². The van der Waals surface area contributed by atoms with Gasteiger partial charge >= 0.3 is 0 Å². The summed E-state index contributed by atoms with van der Waals surface area (Å²) in [7, 11) is 0. The van der Waals surface area contributed by atoms with Gasteiger partial charge in [-0.25, -0.2) is 4.98 Å². The summed E-state index contributed by atoms with van der Waals surface area (Å²) in [6.07, 6.45) is 3.66. The molecule has 66 valence electrons. The van der Waals surface area contributed by atoms with E-state index in [4.69, 9.17) is 11.6 Å². The van der Waals surface area contributed by atoms with Crippen LogP contribution in [0.2, 0.25) is 0 Å². The molecule has 5 heteroatoms. The van der Waals surface area contributed by atoms with Crippen molar-refractivity contribution in [3.8, 4) is 0 Å². The van der Waals surface area contributed by atoms with Crippen LogP contribution < -0.4 is 0 Å². The zero-order chi connectivity index (χ0) is 7.84. The largest absolute Gasteiger partial charge is 0.292 e. The van der Waals surface area contributed by atoms with Crippen LogP contribution in [0.1, 0.15) is 10.6 Å². The first kappa shape index (κ1) is 9.84. The van der Waals surface area contributed by atoms with Crippen molar-refractivity contribution in [3.63, 3.8) is 0 Å². The third-order valence-corrected chi connectivity index (χ3v) is 2.99. The summed E-state index contributed by atoms with van der Waals surface area (Å²) in [6, 6.07) is 0. The van der Waals surface area contributed by atoms with Crippen LogP contribution >= 0.6 is 35.3 Å². The fraction of sp³-hybridized carbons (Fsp3) is 0.286. The zero-order valence-electron chi connectivity index (χ0n) is 6.45. The maximum absolute atomic E-state index is 5.77. The van der Waals surface area contributed by atoms with Crippen LogP contribution in [-0.4, -0.2) is 9.38 Å². The van der Waals surface area contributed by atoms with Gasteiger partial charge in [-0.2, -0.15) is 0 Å². The topological polar surface area (TPSA) is 17.3 Å². The van der Waals surface area contributed by atoms with E-state index in [0.29, 0.717) is 5.88 Å². The van der Waals surface area contributed by atoms with Gasteiger partial charge in [-0.15, -0.1) is 35.3 Å². The monoisotopic (exact) mass is 222 g/mol. The molecule has 0 aliphatic carbocycles. The number of thiazole rings is 1. The molecular formula is C7H8Cl2N2S. The average molecular weight is 223 g/mol. The van der Waals surface area contributed by atoms with E-state index in [-0.39, 0.29) is 12.4 Å². The van der Waals surface area contributed by atoms with Crippen LogP contribution in [0.5, 0.6) is 0 Å². The first-order valence-electron chi connectivity index (χ1n) is 3.29. The van der Waals surface area contributed by atoms with E-state index in [1.165, 1.54) is 4.88 Å². The van der Waals surface area contributed by atoms with Crippen LogP contribution in [0, 0.1) is 6.92 Å². The van der Waals surface area contributed by atoms with E-state index in [1.54, 1.807) is 17.7 Å². The van der Waals surface area contributed by atoms with Gasteiger partial charge in [-0.05, 0) is 6.92 Å². The number of halogens is 2. The summed E-state index contributed by atoms with van der Waals surface area (Å²) < 4.78 is 2.03. The van der Waals surface area contributed by atoms with Gasteiger partial charge in [0, 0.05) is 4.88 Å². The lowest BCUT2D eigenvalue weighted by atomic mass is 10.4. The lowest BCUT2D eigenvalue weighted by Gasteiger charge is -1.91. The Labute approximate surface area is 85.6 Å². The van der Waals surface area contributed by atoms with Crippen molar-refractivity contribution in [3.05, 3.63) is 23.1 Å². The Morgan fingerprint density at radius 3 is 3.08 bits per heavy atom. The molecule has 0 amide bonds. The molecule has 2 rings (SSSR count). The van der Waals surface area contributed by atoms with E-state index in [2.05, 4.69) is 11.9 Å². The number of aromatic nitrogens is 2. The van der Waals surface area contributed by atoms with E-state index < -0.39 is 0 Å². The minimum Gasteiger partial charge on any atom is -0.292 e. The number of imidazole rings is 1. The Hall–Kier alpha value is -0.250. The third-order valence-electron chi connectivity index (χ3n) is 1.69. The minimum atomic E-state index is 0. The number of hydrogen-bond donors (Lipinski definition) is 0. The number of rotatable bonds is 1. The first-order chi connectivity index (χ1) is 5.33. The smallest absolute Gasteiger partial charge is 0.119 e. The van der Waals surface area contributed by atoms with Gasteiger partial charge in [-0.3, -0.25) is 4.40 Å². The molecule has 0 aliphatic heterocycles. The molecule has 0 atom stereocenters. The maximum Gasteiger partial charge on any atom is 0.119 e. The Morgan fingerprint density at radius 2 is 2.42 bits per heavy atom. The van der Waals surface area contributed by atoms with Crippen LogP contribution in [-0.2, 0) is 5.88 Å². The van der Waals surface area contributed by atoms with Crippen LogP contribution in [0.25, 0.3) is 4.83 Å². The standard InChI is InChI=1S/C7H7ClN2S.ClH/c1-5-6(2-8)10-4-9-3-7(10)11-5;/h3-4H,2H2,1H3;1H. The zero-order valence-corrected chi connectivity index (χ0v) is 8.84. The number of alkyl halides is 1. The van der Waals surface area contributed by atoms with E-state index >= 15 is 0 Å². The average Bonchev–Trinajstić information content (AvgIpc) is 2.46. The molecule has 12 heavy (non-hydrogen) atoms. The molecule has 0 unspecified atom stereocenters. The van der Waals surface area contributed by atoms with Gasteiger partial charge in [0.15, 0.2) is 0 Å². The molecule has 0 fully saturated rings. The van der Waals surface area contributed by atoms with Crippen molar-refractivity contribution >= 4 is 40.2 Å². The predicted octanol–water partition coefficient (Wildman–Crippen LogP) is 2.86. The molecule has 0 saturated heterocycles. The molecule has 2 nitrogen and oxygen atoms in total. The van der Waals surface area contributed by atoms with Gasteiger partial charge in [0.25, 0.3) is 0 Å². The van der Waals surface area contributed by atoms with E-state index in [1.807, 2.05) is 10.6 Å². The highest BCUT2D eigenvalue weighted by atomic mass is 35.5. The molecule has 2 heterocycles. The van der Waals surface area contributed by atoms with Crippen molar-refractivity contribution in [1.29, 1.82) is 0 Å². The molecule has 2 aromatic rings. The Balaban J connectivity index is 0.000000720. The maximum atomic E-state index is 5.77. The van der Waals surface area contributed by atoms with Gasteiger partial charge in [0.05, 0.1) is 17.8 Å². The Bertz CT molecular complexity index is 380. The van der Waals surface area contributed by atoms with Crippen molar-refractivity contribution in [2.75, 3.05) is 0 Å². The fourth-order valence-corrected chi connectivity index (χ4v) is 2.48. The van der Waals surface area contributed by atoms with Crippen LogP contribution in [0.4, 0.5) is 0 Å². The normalized spacial score (nSPS) is 10.2. The second kappa shape index (κ2) is 3.64. The lowest BCUT2D eigenvalue weighted by Crippen LogP contribution is -1.86. The van der Waals surface area contributed by atoms with Gasteiger partial charge in [0.2, 0.25) is 0 Å². The Kier molecular flexibility index (Phi) is 2.99. The summed E-state index contributed by atoms with van der Waals surface area (Å²) >= 11 is 7.49. The molecular weight excluding hydrogens is 215 g/mol. The highest BCUT2D eigenvalue weighted by Crippen LogP contribution is 2.23. The van der Waals surface area contributed by atoms with Gasteiger partial charge in [-0.1, -0.05) is 0 Å². The first-order valence-corrected chi connectivity index (χ1v) is 4.64. The summed E-state index contributed by atoms with van der Waals surface area (Å²) in [5.74, 6) is 0.558. The highest BCUT2D eigenvalue weighted by Gasteiger charge is 2.06. The van der Waals surface area contributed by atoms with Crippen LogP contribution in [0.15, 0.2) is 12.5 Å². The minimum absolute atomic E-state index is 0. The number of aryl methyl sites for hydroxylation is 1. The van der Waals surface area contributed by atoms with E-state index in [0.717, 1.165) is 10.5 Å². The fourth-order valence-electron chi connectivity index (χ4n) is 1.10. The number of nitrogens with zero attached hydrogens (tertiary/aromatic N) is 2. The summed E-state index contributed by atoms with van der Waals surface area (Å²) in [6.45, 7) is 2.08. The summed E-state index contributed by atoms with van der Waals surface area (Å²) in [5, 5.41) is 0. The van der Waals surface area contributed by atoms with E-state index in [9.17, 15) is 0 Å². The second-order valence-corrected chi connectivity index (χ2v) is 3.84. The molecule has 0 radical (unpaired) electrons. The SMILES string of the molecule is Cc1sc2cncn2c1CCl.Cl. The molecule has 2 aromatic heterocycles. The molecule has 0 saturated carbocycles. The molecule has 0 bridgehead atoms. The summed E-state index contributed by atoms with van der Waals surface area (Å²) in [4.78, 5) is 6.47. The Morgan fingerprint density at radius 1 is 1.67 bits per heavy atom. The lowest BCUT2D eigenvalue weighted by molar-refractivity contribution is 1.06. The van der Waals surface area contributed by atoms with Crippen molar-refractivity contribution in [1.82, 2.24) is 9.38 Å². The second-order valence-electron chi connectivity index (χ2n) is 2.34. The summed E-state index contributed by atoms with van der Waals surface area (Å²) in [5.41, 5.74) is 1.16.